The summed E-state index contributed by atoms with van der Waals surface area (Å²) in [7, 11) is 0. The van der Waals surface area contributed by atoms with Crippen LogP contribution in [-0.4, -0.2) is 17.5 Å². The summed E-state index contributed by atoms with van der Waals surface area (Å²) in [5.41, 5.74) is 0.836. The molecule has 4 rings (SSSR count). The molecule has 3 aliphatic carbocycles. The average molecular weight is 278 g/mol. The molecule has 114 valence electrons. The highest BCUT2D eigenvalue weighted by Gasteiger charge is 2.73. The third kappa shape index (κ3) is 1.34. The summed E-state index contributed by atoms with van der Waals surface area (Å²) in [6.45, 7) is 14.0. The van der Waals surface area contributed by atoms with E-state index in [1.807, 2.05) is 0 Å². The molecular formula is C18H30O2. The summed E-state index contributed by atoms with van der Waals surface area (Å²) in [6.07, 6.45) is 5.70. The third-order valence-corrected chi connectivity index (χ3v) is 7.73. The Bertz CT molecular complexity index is 454. The highest BCUT2D eigenvalue weighted by molar-refractivity contribution is 5.21. The molecule has 4 fully saturated rings. The lowest BCUT2D eigenvalue weighted by Crippen LogP contribution is -2.52. The van der Waals surface area contributed by atoms with Gasteiger partial charge in [-0.2, -0.15) is 0 Å². The zero-order valence-corrected chi connectivity index (χ0v) is 14.0. The van der Waals surface area contributed by atoms with E-state index < -0.39 is 5.79 Å². The predicted molar refractivity (Wildman–Crippen MR) is 79.3 cm³/mol. The maximum Gasteiger partial charge on any atom is 0.164 e. The fourth-order valence-corrected chi connectivity index (χ4v) is 7.01. The highest BCUT2D eigenvalue weighted by atomic mass is 16.8. The summed E-state index contributed by atoms with van der Waals surface area (Å²) in [5, 5.41) is 0. The summed E-state index contributed by atoms with van der Waals surface area (Å²) in [5.74, 6) is 1.96. The molecule has 1 spiro atoms. The minimum Gasteiger partial charge on any atom is -0.344 e. The van der Waals surface area contributed by atoms with Crippen LogP contribution >= 0.6 is 0 Å². The molecule has 0 radical (unpaired) electrons. The first-order valence-electron chi connectivity index (χ1n) is 8.50. The van der Waals surface area contributed by atoms with Crippen molar-refractivity contribution in [3.05, 3.63) is 0 Å². The first-order valence-corrected chi connectivity index (χ1v) is 8.50. The molecule has 2 heteroatoms. The minimum atomic E-state index is -0.409. The first-order chi connectivity index (χ1) is 9.12. The molecule has 0 unspecified atom stereocenters. The fourth-order valence-electron chi connectivity index (χ4n) is 7.01. The largest absolute Gasteiger partial charge is 0.344 e. The quantitative estimate of drug-likeness (QED) is 0.654. The van der Waals surface area contributed by atoms with Crippen molar-refractivity contribution in [3.63, 3.8) is 0 Å². The van der Waals surface area contributed by atoms with E-state index in [2.05, 4.69) is 41.5 Å². The van der Waals surface area contributed by atoms with Crippen LogP contribution in [0.3, 0.4) is 0 Å². The van der Waals surface area contributed by atoms with Crippen LogP contribution < -0.4 is 0 Å². The fraction of sp³-hybridized carbons (Fsp3) is 1.00. The van der Waals surface area contributed by atoms with Crippen molar-refractivity contribution in [1.82, 2.24) is 0 Å². The Labute approximate surface area is 123 Å². The number of rotatable bonds is 0. The van der Waals surface area contributed by atoms with E-state index in [1.54, 1.807) is 0 Å². The average Bonchev–Trinajstić information content (AvgIpc) is 2.80. The maximum atomic E-state index is 6.48. The Kier molecular flexibility index (Phi) is 2.35. The molecule has 2 bridgehead atoms. The van der Waals surface area contributed by atoms with Gasteiger partial charge in [0, 0.05) is 0 Å². The lowest BCUT2D eigenvalue weighted by Gasteiger charge is -2.47. The Hall–Kier alpha value is -0.0800. The van der Waals surface area contributed by atoms with E-state index in [0.717, 1.165) is 11.8 Å². The van der Waals surface area contributed by atoms with Gasteiger partial charge in [-0.15, -0.1) is 0 Å². The second-order valence-electron chi connectivity index (χ2n) is 9.34. The molecule has 0 aromatic carbocycles. The summed E-state index contributed by atoms with van der Waals surface area (Å²) >= 11 is 0. The molecule has 0 aromatic rings. The molecule has 2 nitrogen and oxygen atoms in total. The molecule has 1 saturated heterocycles. The van der Waals surface area contributed by atoms with Gasteiger partial charge in [-0.1, -0.05) is 20.8 Å². The molecule has 1 aliphatic heterocycles. The van der Waals surface area contributed by atoms with Gasteiger partial charge < -0.3 is 9.47 Å². The number of hydrogen-bond acceptors (Lipinski definition) is 2. The molecule has 3 saturated carbocycles. The molecule has 6 atom stereocenters. The number of hydrogen-bond donors (Lipinski definition) is 0. The van der Waals surface area contributed by atoms with Gasteiger partial charge in [0.15, 0.2) is 5.79 Å². The topological polar surface area (TPSA) is 18.5 Å². The summed E-state index contributed by atoms with van der Waals surface area (Å²) in [4.78, 5) is 0. The first kappa shape index (κ1) is 13.6. The van der Waals surface area contributed by atoms with E-state index in [1.165, 1.54) is 25.7 Å². The Morgan fingerprint density at radius 2 is 1.60 bits per heavy atom. The van der Waals surface area contributed by atoms with Crippen LogP contribution in [0.15, 0.2) is 0 Å². The van der Waals surface area contributed by atoms with E-state index >= 15 is 0 Å². The van der Waals surface area contributed by atoms with Crippen molar-refractivity contribution >= 4 is 0 Å². The zero-order chi connectivity index (χ0) is 14.6. The molecule has 0 aromatic heterocycles. The van der Waals surface area contributed by atoms with Crippen molar-refractivity contribution in [2.45, 2.75) is 84.7 Å². The van der Waals surface area contributed by atoms with Crippen molar-refractivity contribution < 1.29 is 9.47 Å². The van der Waals surface area contributed by atoms with Crippen molar-refractivity contribution in [2.24, 2.45) is 28.6 Å². The number of fused-ring (bicyclic) bond motifs is 3. The van der Waals surface area contributed by atoms with Gasteiger partial charge in [0.2, 0.25) is 0 Å². The van der Waals surface area contributed by atoms with Gasteiger partial charge in [-0.25, -0.2) is 0 Å². The van der Waals surface area contributed by atoms with Gasteiger partial charge in [0.25, 0.3) is 0 Å². The monoisotopic (exact) mass is 278 g/mol. The molecule has 1 heterocycles. The molecule has 20 heavy (non-hydrogen) atoms. The van der Waals surface area contributed by atoms with Crippen LogP contribution in [-0.2, 0) is 9.47 Å². The molecule has 4 aliphatic rings. The van der Waals surface area contributed by atoms with E-state index in [4.69, 9.17) is 9.47 Å². The van der Waals surface area contributed by atoms with Gasteiger partial charge in [0.1, 0.15) is 0 Å². The second-order valence-corrected chi connectivity index (χ2v) is 9.34. The van der Waals surface area contributed by atoms with Gasteiger partial charge >= 0.3 is 0 Å². The minimum absolute atomic E-state index is 0.0810. The smallest absolute Gasteiger partial charge is 0.164 e. The van der Waals surface area contributed by atoms with Crippen molar-refractivity contribution in [2.75, 3.05) is 0 Å². The summed E-state index contributed by atoms with van der Waals surface area (Å²) < 4.78 is 12.8. The number of ether oxygens (including phenoxy) is 2. The van der Waals surface area contributed by atoms with E-state index in [0.29, 0.717) is 22.9 Å². The van der Waals surface area contributed by atoms with Crippen LogP contribution in [0, 0.1) is 28.6 Å². The van der Waals surface area contributed by atoms with Crippen LogP contribution in [0.4, 0.5) is 0 Å². The van der Waals surface area contributed by atoms with Crippen LogP contribution in [0.2, 0.25) is 0 Å². The Balaban J connectivity index is 1.82. The van der Waals surface area contributed by atoms with Crippen molar-refractivity contribution in [1.29, 1.82) is 0 Å². The second kappa shape index (κ2) is 3.46. The van der Waals surface area contributed by atoms with E-state index in [-0.39, 0.29) is 5.60 Å². The normalized spacial score (nSPS) is 58.5. The van der Waals surface area contributed by atoms with Gasteiger partial charge in [0.05, 0.1) is 11.7 Å². The Morgan fingerprint density at radius 1 is 0.900 bits per heavy atom. The molecule has 0 amide bonds. The Morgan fingerprint density at radius 3 is 2.30 bits per heavy atom. The molecule has 0 N–H and O–H groups in total. The van der Waals surface area contributed by atoms with Crippen LogP contribution in [0.1, 0.15) is 67.2 Å². The SMILES string of the molecule is C[C@H]1CC[C@H]2C(C)(C)[C@@H]3C[C@@]12C[C@H]1OC(C)(C)O[C@@]13C. The van der Waals surface area contributed by atoms with Crippen molar-refractivity contribution in [3.8, 4) is 0 Å². The van der Waals surface area contributed by atoms with E-state index in [9.17, 15) is 0 Å². The highest BCUT2D eigenvalue weighted by Crippen LogP contribution is 2.75. The molecular weight excluding hydrogens is 248 g/mol. The standard InChI is InChI=1S/C18H30O2/c1-11-7-8-12-15(2,3)13-9-18(11,12)10-14-17(13,6)20-16(4,5)19-14/h11-14H,7-10H2,1-6H3/t11-,12-,13-,14+,17+,18+/m0/s1. The van der Waals surface area contributed by atoms with Gasteiger partial charge in [-0.3, -0.25) is 0 Å². The lowest BCUT2D eigenvalue weighted by molar-refractivity contribution is -0.177. The maximum absolute atomic E-state index is 6.48. The lowest BCUT2D eigenvalue weighted by atomic mass is 9.63. The third-order valence-electron chi connectivity index (χ3n) is 7.73. The van der Waals surface area contributed by atoms with Crippen LogP contribution in [0.5, 0.6) is 0 Å². The zero-order valence-electron chi connectivity index (χ0n) is 14.0. The predicted octanol–water partition coefficient (Wildman–Crippen LogP) is 4.38. The van der Waals surface area contributed by atoms with Crippen LogP contribution in [0.25, 0.3) is 0 Å². The van der Waals surface area contributed by atoms with Gasteiger partial charge in [-0.05, 0) is 75.0 Å². The summed E-state index contributed by atoms with van der Waals surface area (Å²) in [6, 6.07) is 0.